The fraction of sp³-hybridized carbons (Fsp3) is 0.571. The van der Waals surface area contributed by atoms with Crippen LogP contribution in [0.25, 0.3) is 0 Å². The van der Waals surface area contributed by atoms with E-state index in [9.17, 15) is 4.79 Å². The molecule has 0 fully saturated rings. The number of rotatable bonds is 4. The first-order chi connectivity index (χ1) is 6.08. The Morgan fingerprint density at radius 3 is 2.00 bits per heavy atom. The molecule has 0 saturated heterocycles. The molecule has 0 bridgehead atoms. The van der Waals surface area contributed by atoms with Gasteiger partial charge in [0, 0.05) is 5.57 Å². The van der Waals surface area contributed by atoms with Gasteiger partial charge in [-0.1, -0.05) is 6.58 Å². The van der Waals surface area contributed by atoms with Crippen LogP contribution in [0.3, 0.4) is 0 Å². The van der Waals surface area contributed by atoms with Crippen LogP contribution in [0.1, 0.15) is 6.92 Å². The largest absolute Gasteiger partial charge is 0.456 e. The van der Waals surface area contributed by atoms with E-state index in [4.69, 9.17) is 25.5 Å². The minimum Gasteiger partial charge on any atom is -0.456 e. The van der Waals surface area contributed by atoms with Crippen molar-refractivity contribution in [1.82, 2.24) is 0 Å². The summed E-state index contributed by atoms with van der Waals surface area (Å²) in [5.74, 6) is -8.10. The fourth-order valence-corrected chi connectivity index (χ4v) is 0.386. The van der Waals surface area contributed by atoms with Crippen molar-refractivity contribution in [3.05, 3.63) is 12.2 Å². The lowest BCUT2D eigenvalue weighted by molar-refractivity contribution is -0.451. The minimum atomic E-state index is -3.78. The molecule has 0 saturated carbocycles. The van der Waals surface area contributed by atoms with Crippen molar-refractivity contribution in [2.24, 2.45) is 0 Å². The van der Waals surface area contributed by atoms with Gasteiger partial charge in [0.1, 0.15) is 0 Å². The highest BCUT2D eigenvalue weighted by atomic mass is 16.7. The van der Waals surface area contributed by atoms with Crippen molar-refractivity contribution in [3.63, 3.8) is 0 Å². The summed E-state index contributed by atoms with van der Waals surface area (Å²) < 4.78 is 4.18. The number of esters is 1. The molecule has 0 aromatic rings. The van der Waals surface area contributed by atoms with Crippen molar-refractivity contribution in [2.75, 3.05) is 6.61 Å². The number of carbonyl (C=O) groups is 1. The minimum absolute atomic E-state index is 0.0137. The Morgan fingerprint density at radius 2 is 1.71 bits per heavy atom. The van der Waals surface area contributed by atoms with Gasteiger partial charge in [-0.2, -0.15) is 0 Å². The molecule has 7 nitrogen and oxygen atoms in total. The molecule has 0 aliphatic rings. The van der Waals surface area contributed by atoms with Crippen LogP contribution in [-0.2, 0) is 9.53 Å². The Morgan fingerprint density at radius 1 is 1.29 bits per heavy atom. The van der Waals surface area contributed by atoms with Gasteiger partial charge in [0.2, 0.25) is 0 Å². The van der Waals surface area contributed by atoms with E-state index in [1.165, 1.54) is 6.92 Å². The van der Waals surface area contributed by atoms with Gasteiger partial charge in [0.05, 0.1) is 0 Å². The SMILES string of the molecule is C=C(C)C(=O)OCC(O)(O)C(O)(O)O. The first-order valence-electron chi connectivity index (χ1n) is 3.52. The van der Waals surface area contributed by atoms with E-state index in [0.29, 0.717) is 0 Å². The first-order valence-corrected chi connectivity index (χ1v) is 3.52. The molecule has 0 heterocycles. The Balaban J connectivity index is 4.27. The summed E-state index contributed by atoms with van der Waals surface area (Å²) in [7, 11) is 0. The maximum Gasteiger partial charge on any atom is 0.336 e. The summed E-state index contributed by atoms with van der Waals surface area (Å²) in [5.41, 5.74) is -0.0137. The van der Waals surface area contributed by atoms with Gasteiger partial charge in [-0.15, -0.1) is 0 Å². The second-order valence-electron chi connectivity index (χ2n) is 2.81. The van der Waals surface area contributed by atoms with E-state index in [-0.39, 0.29) is 5.57 Å². The van der Waals surface area contributed by atoms with Crippen LogP contribution in [0.5, 0.6) is 0 Å². The average Bonchev–Trinajstić information content (AvgIpc) is 1.97. The van der Waals surface area contributed by atoms with Crippen LogP contribution in [0.2, 0.25) is 0 Å². The quantitative estimate of drug-likeness (QED) is 0.195. The van der Waals surface area contributed by atoms with E-state index in [2.05, 4.69) is 11.3 Å². The molecule has 0 amide bonds. The average molecular weight is 208 g/mol. The van der Waals surface area contributed by atoms with E-state index in [1.807, 2.05) is 0 Å². The molecule has 7 heteroatoms. The monoisotopic (exact) mass is 208 g/mol. The van der Waals surface area contributed by atoms with Gasteiger partial charge in [-0.25, -0.2) is 4.79 Å². The van der Waals surface area contributed by atoms with Gasteiger partial charge in [0.25, 0.3) is 5.79 Å². The molecular weight excluding hydrogens is 196 g/mol. The third-order valence-corrected chi connectivity index (χ3v) is 1.29. The van der Waals surface area contributed by atoms with Crippen LogP contribution in [0.4, 0.5) is 0 Å². The summed E-state index contributed by atoms with van der Waals surface area (Å²) in [4.78, 5) is 10.7. The molecule has 0 radical (unpaired) electrons. The van der Waals surface area contributed by atoms with Gasteiger partial charge in [-0.05, 0) is 6.92 Å². The highest BCUT2D eigenvalue weighted by Crippen LogP contribution is 2.14. The highest BCUT2D eigenvalue weighted by Gasteiger charge is 2.47. The number of aliphatic hydroxyl groups is 5. The summed E-state index contributed by atoms with van der Waals surface area (Å²) >= 11 is 0. The number of hydrogen-bond acceptors (Lipinski definition) is 7. The Bertz CT molecular complexity index is 237. The zero-order chi connectivity index (χ0) is 11.6. The van der Waals surface area contributed by atoms with Gasteiger partial charge in [0.15, 0.2) is 6.61 Å². The molecule has 0 atom stereocenters. The second kappa shape index (κ2) is 4.03. The molecule has 0 aromatic heterocycles. The third kappa shape index (κ3) is 3.40. The van der Waals surface area contributed by atoms with E-state index in [1.54, 1.807) is 0 Å². The van der Waals surface area contributed by atoms with Crippen molar-refractivity contribution in [3.8, 4) is 0 Å². The molecule has 5 N–H and O–H groups in total. The van der Waals surface area contributed by atoms with Crippen LogP contribution in [0.15, 0.2) is 12.2 Å². The van der Waals surface area contributed by atoms with E-state index < -0.39 is 24.3 Å². The summed E-state index contributed by atoms with van der Waals surface area (Å²) in [5, 5.41) is 42.7. The van der Waals surface area contributed by atoms with Crippen LogP contribution >= 0.6 is 0 Å². The van der Waals surface area contributed by atoms with Gasteiger partial charge < -0.3 is 30.3 Å². The maximum atomic E-state index is 10.7. The predicted octanol–water partition coefficient (Wildman–Crippen LogP) is -2.58. The molecular formula is C7H12O7. The summed E-state index contributed by atoms with van der Waals surface area (Å²) in [6.45, 7) is 3.29. The first kappa shape index (κ1) is 13.0. The van der Waals surface area contributed by atoms with Crippen molar-refractivity contribution < 1.29 is 35.1 Å². The van der Waals surface area contributed by atoms with Crippen LogP contribution in [-0.4, -0.2) is 49.9 Å². The lowest BCUT2D eigenvalue weighted by atomic mass is 10.2. The number of ether oxygens (including phenoxy) is 1. The summed E-state index contributed by atoms with van der Waals surface area (Å²) in [6.07, 6.45) is 0. The normalized spacial score (nSPS) is 12.4. The predicted molar refractivity (Wildman–Crippen MR) is 42.3 cm³/mol. The fourth-order valence-electron chi connectivity index (χ4n) is 0.386. The molecule has 0 aliphatic heterocycles. The summed E-state index contributed by atoms with van der Waals surface area (Å²) in [6, 6.07) is 0. The Hall–Kier alpha value is -0.990. The molecule has 0 spiro atoms. The maximum absolute atomic E-state index is 10.7. The van der Waals surface area contributed by atoms with Crippen molar-refractivity contribution in [1.29, 1.82) is 0 Å². The Labute approximate surface area is 79.5 Å². The standard InChI is InChI=1S/C7H12O7/c1-4(2)5(8)14-3-6(9,10)7(11,12)13/h9-13H,1,3H2,2H3. The second-order valence-corrected chi connectivity index (χ2v) is 2.81. The van der Waals surface area contributed by atoms with Crippen LogP contribution < -0.4 is 0 Å². The highest BCUT2D eigenvalue weighted by molar-refractivity contribution is 5.86. The zero-order valence-corrected chi connectivity index (χ0v) is 7.47. The molecule has 14 heavy (non-hydrogen) atoms. The van der Waals surface area contributed by atoms with Crippen LogP contribution in [0, 0.1) is 0 Å². The van der Waals surface area contributed by atoms with E-state index >= 15 is 0 Å². The zero-order valence-electron chi connectivity index (χ0n) is 7.47. The Kier molecular flexibility index (Phi) is 3.74. The topological polar surface area (TPSA) is 127 Å². The smallest absolute Gasteiger partial charge is 0.336 e. The molecule has 0 aromatic carbocycles. The number of hydrogen-bond donors (Lipinski definition) is 5. The number of carbonyl (C=O) groups excluding carboxylic acids is 1. The lowest BCUT2D eigenvalue weighted by Crippen LogP contribution is -2.57. The molecule has 0 aliphatic carbocycles. The van der Waals surface area contributed by atoms with Gasteiger partial charge >= 0.3 is 11.9 Å². The lowest BCUT2D eigenvalue weighted by Gasteiger charge is -2.28. The third-order valence-electron chi connectivity index (χ3n) is 1.29. The van der Waals surface area contributed by atoms with Gasteiger partial charge in [-0.3, -0.25) is 0 Å². The molecule has 0 unspecified atom stereocenters. The van der Waals surface area contributed by atoms with E-state index in [0.717, 1.165) is 0 Å². The molecule has 0 rings (SSSR count). The van der Waals surface area contributed by atoms with Crippen molar-refractivity contribution in [2.45, 2.75) is 18.7 Å². The molecule has 82 valence electrons. The van der Waals surface area contributed by atoms with Crippen molar-refractivity contribution >= 4 is 5.97 Å².